The number of anilines is 1. The molecule has 0 aliphatic heterocycles. The van der Waals surface area contributed by atoms with E-state index in [0.29, 0.717) is 5.69 Å². The average molecular weight is 395 g/mol. The van der Waals surface area contributed by atoms with Crippen LogP contribution in [0.2, 0.25) is 0 Å². The monoisotopic (exact) mass is 394 g/mol. The van der Waals surface area contributed by atoms with E-state index in [-0.39, 0.29) is 17.3 Å². The summed E-state index contributed by atoms with van der Waals surface area (Å²) in [5.74, 6) is -0.257. The maximum Gasteiger partial charge on any atom is 0.244 e. The van der Waals surface area contributed by atoms with Crippen molar-refractivity contribution in [2.75, 3.05) is 5.32 Å². The van der Waals surface area contributed by atoms with Crippen molar-refractivity contribution in [1.29, 1.82) is 0 Å². The molecule has 1 amide bonds. The second-order valence-corrected chi connectivity index (χ2v) is 7.98. The first-order valence-corrected chi connectivity index (χ1v) is 9.66. The Bertz CT molecular complexity index is 883. The molecule has 0 saturated heterocycles. The lowest BCUT2D eigenvalue weighted by molar-refractivity contribution is -0.115. The normalized spacial score (nSPS) is 12.6. The molecule has 6 nitrogen and oxygen atoms in total. The topological polar surface area (TPSA) is 83.6 Å². The summed E-state index contributed by atoms with van der Waals surface area (Å²) in [5, 5.41) is 1.81. The average Bonchev–Trinajstić information content (AvgIpc) is 2.59. The molecule has 1 unspecified atom stereocenters. The van der Waals surface area contributed by atoms with Crippen molar-refractivity contribution in [3.63, 3.8) is 0 Å². The fourth-order valence-corrected chi connectivity index (χ4v) is 4.11. The summed E-state index contributed by atoms with van der Waals surface area (Å²) in [4.78, 5) is 22.7. The molecule has 1 atom stereocenters. The molecule has 0 saturated carbocycles. The molecule has 0 aliphatic rings. The van der Waals surface area contributed by atoms with Gasteiger partial charge in [0.2, 0.25) is 21.2 Å². The molecule has 2 aromatic rings. The predicted octanol–water partition coefficient (Wildman–Crippen LogP) is 2.99. The van der Waals surface area contributed by atoms with Gasteiger partial charge in [-0.05, 0) is 48.4 Å². The number of sulfonamides is 1. The summed E-state index contributed by atoms with van der Waals surface area (Å²) >= 11 is 5.57. The van der Waals surface area contributed by atoms with Gasteiger partial charge in [-0.25, -0.2) is 8.42 Å². The van der Waals surface area contributed by atoms with Crippen LogP contribution < -0.4 is 5.32 Å². The predicted molar refractivity (Wildman–Crippen MR) is 100 cm³/mol. The molecule has 2 rings (SSSR count). The first-order chi connectivity index (χ1) is 12.2. The molecule has 0 fully saturated rings. The maximum absolute atomic E-state index is 13.0. The number of carbonyl (C=O) groups is 2. The highest BCUT2D eigenvalue weighted by Gasteiger charge is 2.32. The van der Waals surface area contributed by atoms with Gasteiger partial charge in [0, 0.05) is 19.2 Å². The van der Waals surface area contributed by atoms with Gasteiger partial charge < -0.3 is 5.32 Å². The van der Waals surface area contributed by atoms with E-state index in [1.54, 1.807) is 24.3 Å². The zero-order valence-corrected chi connectivity index (χ0v) is 15.9. The highest BCUT2D eigenvalue weighted by atomic mass is 35.5. The smallest absolute Gasteiger partial charge is 0.244 e. The van der Waals surface area contributed by atoms with E-state index in [9.17, 15) is 18.0 Å². The summed E-state index contributed by atoms with van der Waals surface area (Å²) in [6.45, 7) is 2.82. The molecule has 8 heteroatoms. The number of benzene rings is 2. The van der Waals surface area contributed by atoms with Gasteiger partial charge in [-0.3, -0.25) is 9.59 Å². The summed E-state index contributed by atoms with van der Waals surface area (Å²) in [5.41, 5.74) is 1.21. The van der Waals surface area contributed by atoms with Crippen molar-refractivity contribution in [2.24, 2.45) is 0 Å². The van der Waals surface area contributed by atoms with Gasteiger partial charge in [0.05, 0.1) is 10.9 Å². The third-order valence-corrected chi connectivity index (χ3v) is 5.97. The molecular weight excluding hydrogens is 376 g/mol. The largest absolute Gasteiger partial charge is 0.326 e. The van der Waals surface area contributed by atoms with Crippen LogP contribution in [0.25, 0.3) is 0 Å². The number of nitrogens with one attached hydrogen (secondary N) is 1. The van der Waals surface area contributed by atoms with Crippen molar-refractivity contribution in [3.8, 4) is 0 Å². The molecule has 1 N–H and O–H groups in total. The highest BCUT2D eigenvalue weighted by molar-refractivity contribution is 7.89. The van der Waals surface area contributed by atoms with E-state index in [4.69, 9.17) is 11.6 Å². The number of hydrogen-bond acceptors (Lipinski definition) is 4. The van der Waals surface area contributed by atoms with Gasteiger partial charge in [-0.2, -0.15) is 4.31 Å². The fraction of sp³-hybridized carbons (Fsp3) is 0.222. The van der Waals surface area contributed by atoms with Crippen LogP contribution >= 0.6 is 11.6 Å². The minimum Gasteiger partial charge on any atom is -0.326 e. The molecule has 0 heterocycles. The zero-order chi connectivity index (χ0) is 19.3. The fourth-order valence-electron chi connectivity index (χ4n) is 2.36. The molecule has 0 aromatic heterocycles. The Labute approximate surface area is 157 Å². The SMILES string of the molecule is CC(=O)Nc1ccc(S(=O)(=O)N(Cc2ccccc2)C(C)C(=O)Cl)cc1. The maximum atomic E-state index is 13.0. The first kappa shape index (κ1) is 20.1. The van der Waals surface area contributed by atoms with Crippen molar-refractivity contribution >= 4 is 38.5 Å². The summed E-state index contributed by atoms with van der Waals surface area (Å²) in [7, 11) is -3.97. The number of carbonyl (C=O) groups excluding carboxylic acids is 2. The van der Waals surface area contributed by atoms with Crippen molar-refractivity contribution in [1.82, 2.24) is 4.31 Å². The quantitative estimate of drug-likeness (QED) is 0.732. The van der Waals surface area contributed by atoms with Crippen LogP contribution in [0.15, 0.2) is 59.5 Å². The lowest BCUT2D eigenvalue weighted by atomic mass is 10.2. The number of halogens is 1. The van der Waals surface area contributed by atoms with Gasteiger partial charge in [-0.1, -0.05) is 30.3 Å². The standard InChI is InChI=1S/C18H19ClN2O4S/c1-13(18(19)23)21(12-15-6-4-3-5-7-15)26(24,25)17-10-8-16(9-11-17)20-14(2)22/h3-11,13H,12H2,1-2H3,(H,20,22). The summed E-state index contributed by atoms with van der Waals surface area (Å²) in [6.07, 6.45) is 0. The van der Waals surface area contributed by atoms with Gasteiger partial charge in [0.25, 0.3) is 0 Å². The Balaban J connectivity index is 2.38. The Morgan fingerprint density at radius 1 is 1.08 bits per heavy atom. The second kappa shape index (κ2) is 8.44. The van der Waals surface area contributed by atoms with E-state index in [1.165, 1.54) is 38.1 Å². The molecule has 0 bridgehead atoms. The number of hydrogen-bond donors (Lipinski definition) is 1. The third-order valence-electron chi connectivity index (χ3n) is 3.72. The van der Waals surface area contributed by atoms with Gasteiger partial charge >= 0.3 is 0 Å². The van der Waals surface area contributed by atoms with Gasteiger partial charge in [0.1, 0.15) is 0 Å². The molecule has 0 spiro atoms. The Kier molecular flexibility index (Phi) is 6.52. The van der Waals surface area contributed by atoms with E-state index < -0.39 is 21.3 Å². The Hall–Kier alpha value is -2.22. The Morgan fingerprint density at radius 3 is 2.15 bits per heavy atom. The van der Waals surface area contributed by atoms with Gasteiger partial charge in [-0.15, -0.1) is 0 Å². The number of rotatable bonds is 7. The van der Waals surface area contributed by atoms with Crippen LogP contribution in [0.4, 0.5) is 5.69 Å². The lowest BCUT2D eigenvalue weighted by Crippen LogP contribution is -2.41. The molecule has 26 heavy (non-hydrogen) atoms. The zero-order valence-electron chi connectivity index (χ0n) is 14.3. The number of nitrogens with zero attached hydrogens (tertiary/aromatic N) is 1. The first-order valence-electron chi connectivity index (χ1n) is 7.84. The van der Waals surface area contributed by atoms with Crippen molar-refractivity contribution in [2.45, 2.75) is 31.3 Å². The third kappa shape index (κ3) is 4.91. The molecule has 2 aromatic carbocycles. The Morgan fingerprint density at radius 2 is 1.65 bits per heavy atom. The van der Waals surface area contributed by atoms with Crippen LogP contribution in [-0.2, 0) is 26.2 Å². The highest BCUT2D eigenvalue weighted by Crippen LogP contribution is 2.23. The molecular formula is C18H19ClN2O4S. The number of amides is 1. The molecule has 138 valence electrons. The van der Waals surface area contributed by atoms with Gasteiger partial charge in [0.15, 0.2) is 0 Å². The van der Waals surface area contributed by atoms with Crippen molar-refractivity contribution < 1.29 is 18.0 Å². The van der Waals surface area contributed by atoms with E-state index >= 15 is 0 Å². The second-order valence-electron chi connectivity index (χ2n) is 5.72. The van der Waals surface area contributed by atoms with E-state index in [1.807, 2.05) is 6.07 Å². The summed E-state index contributed by atoms with van der Waals surface area (Å²) in [6, 6.07) is 13.6. The minimum atomic E-state index is -3.97. The van der Waals surface area contributed by atoms with Crippen molar-refractivity contribution in [3.05, 3.63) is 60.2 Å². The lowest BCUT2D eigenvalue weighted by Gasteiger charge is -2.26. The van der Waals surface area contributed by atoms with E-state index in [2.05, 4.69) is 5.32 Å². The summed E-state index contributed by atoms with van der Waals surface area (Å²) < 4.78 is 27.1. The van der Waals surface area contributed by atoms with Crippen LogP contribution in [0.3, 0.4) is 0 Å². The minimum absolute atomic E-state index is 0.00676. The van der Waals surface area contributed by atoms with Crippen LogP contribution in [-0.4, -0.2) is 29.9 Å². The van der Waals surface area contributed by atoms with Crippen LogP contribution in [0.1, 0.15) is 19.4 Å². The van der Waals surface area contributed by atoms with Crippen LogP contribution in [0, 0.1) is 0 Å². The van der Waals surface area contributed by atoms with Crippen LogP contribution in [0.5, 0.6) is 0 Å². The molecule has 0 aliphatic carbocycles. The molecule has 0 radical (unpaired) electrons. The van der Waals surface area contributed by atoms with E-state index in [0.717, 1.165) is 9.87 Å².